The van der Waals surface area contributed by atoms with Gasteiger partial charge in [-0.2, -0.15) is 5.26 Å². The molecule has 3 heterocycles. The van der Waals surface area contributed by atoms with E-state index in [2.05, 4.69) is 9.55 Å². The van der Waals surface area contributed by atoms with Crippen LogP contribution in [0.2, 0.25) is 0 Å². The number of halogens is 1. The Kier molecular flexibility index (Phi) is 2.63. The topological polar surface area (TPSA) is 50.8 Å². The fourth-order valence-corrected chi connectivity index (χ4v) is 3.58. The molecule has 1 spiro atoms. The Morgan fingerprint density at radius 3 is 3.19 bits per heavy atom. The van der Waals surface area contributed by atoms with Gasteiger partial charge in [-0.15, -0.1) is 0 Å². The first-order valence-corrected chi connectivity index (χ1v) is 7.12. The number of benzene rings is 1. The van der Waals surface area contributed by atoms with E-state index in [1.165, 1.54) is 6.07 Å². The molecule has 0 N–H and O–H groups in total. The highest BCUT2D eigenvalue weighted by Crippen LogP contribution is 2.45. The molecule has 1 atom stereocenters. The van der Waals surface area contributed by atoms with Gasteiger partial charge < -0.3 is 9.30 Å². The second kappa shape index (κ2) is 4.40. The number of rotatable bonds is 0. The van der Waals surface area contributed by atoms with E-state index in [9.17, 15) is 4.39 Å². The molecule has 5 heteroatoms. The molecule has 2 aliphatic rings. The molecule has 0 radical (unpaired) electrons. The van der Waals surface area contributed by atoms with E-state index in [0.717, 1.165) is 36.2 Å². The number of hydrogen-bond acceptors (Lipinski definition) is 3. The predicted octanol–water partition coefficient (Wildman–Crippen LogP) is 2.50. The van der Waals surface area contributed by atoms with E-state index in [4.69, 9.17) is 10.00 Å². The second-order valence-electron chi connectivity index (χ2n) is 5.60. The highest BCUT2D eigenvalue weighted by molar-refractivity contribution is 5.46. The van der Waals surface area contributed by atoms with Gasteiger partial charge in [0.15, 0.2) is 0 Å². The Labute approximate surface area is 121 Å². The molecule has 1 unspecified atom stereocenters. The van der Waals surface area contributed by atoms with E-state index >= 15 is 0 Å². The summed E-state index contributed by atoms with van der Waals surface area (Å²) in [5, 5.41) is 9.01. The number of aryl methyl sites for hydroxylation is 1. The molecule has 106 valence electrons. The van der Waals surface area contributed by atoms with Crippen molar-refractivity contribution in [3.05, 3.63) is 52.9 Å². The zero-order chi connectivity index (χ0) is 14.4. The van der Waals surface area contributed by atoms with Gasteiger partial charge in [-0.05, 0) is 42.5 Å². The van der Waals surface area contributed by atoms with Gasteiger partial charge in [0.2, 0.25) is 0 Å². The van der Waals surface area contributed by atoms with Crippen molar-refractivity contribution in [3.8, 4) is 6.07 Å². The molecule has 4 rings (SSSR count). The Hall–Kier alpha value is -2.19. The molecule has 0 saturated heterocycles. The van der Waals surface area contributed by atoms with E-state index in [-0.39, 0.29) is 5.56 Å². The van der Waals surface area contributed by atoms with Crippen molar-refractivity contribution in [2.24, 2.45) is 0 Å². The Bertz CT molecular complexity index is 757. The summed E-state index contributed by atoms with van der Waals surface area (Å²) < 4.78 is 22.3. The molecule has 2 aromatic rings. The first-order chi connectivity index (χ1) is 10.2. The minimum Gasteiger partial charge on any atom is -0.364 e. The van der Waals surface area contributed by atoms with Crippen LogP contribution in [0.5, 0.6) is 0 Å². The van der Waals surface area contributed by atoms with E-state index in [1.54, 1.807) is 12.4 Å². The van der Waals surface area contributed by atoms with Crippen molar-refractivity contribution in [1.82, 2.24) is 9.55 Å². The maximum atomic E-state index is 14.1. The Morgan fingerprint density at radius 2 is 2.33 bits per heavy atom. The Morgan fingerprint density at radius 1 is 1.43 bits per heavy atom. The molecule has 2 aliphatic heterocycles. The molecule has 0 fully saturated rings. The average Bonchev–Trinajstić information content (AvgIpc) is 2.98. The zero-order valence-corrected chi connectivity index (χ0v) is 11.5. The van der Waals surface area contributed by atoms with Gasteiger partial charge in [-0.3, -0.25) is 0 Å². The zero-order valence-electron chi connectivity index (χ0n) is 11.5. The maximum absolute atomic E-state index is 14.1. The molecule has 0 amide bonds. The summed E-state index contributed by atoms with van der Waals surface area (Å²) in [6, 6.07) is 5.07. The van der Waals surface area contributed by atoms with Gasteiger partial charge in [0.25, 0.3) is 0 Å². The van der Waals surface area contributed by atoms with Gasteiger partial charge in [-0.1, -0.05) is 0 Å². The molecule has 21 heavy (non-hydrogen) atoms. The third-order valence-corrected chi connectivity index (χ3v) is 4.52. The molecule has 4 nitrogen and oxygen atoms in total. The van der Waals surface area contributed by atoms with Crippen LogP contribution in [0.1, 0.15) is 35.2 Å². The number of nitrogens with zero attached hydrogens (tertiary/aromatic N) is 3. The van der Waals surface area contributed by atoms with Crippen molar-refractivity contribution in [3.63, 3.8) is 0 Å². The fraction of sp³-hybridized carbons (Fsp3) is 0.375. The predicted molar refractivity (Wildman–Crippen MR) is 73.0 cm³/mol. The molecular formula is C16H14FN3O. The lowest BCUT2D eigenvalue weighted by atomic mass is 9.78. The smallest absolute Gasteiger partial charge is 0.141 e. The monoisotopic (exact) mass is 283 g/mol. The van der Waals surface area contributed by atoms with Crippen molar-refractivity contribution in [2.75, 3.05) is 6.61 Å². The fourth-order valence-electron chi connectivity index (χ4n) is 3.58. The Balaban J connectivity index is 1.97. The highest BCUT2D eigenvalue weighted by atomic mass is 19.1. The second-order valence-corrected chi connectivity index (χ2v) is 5.60. The number of hydrogen-bond donors (Lipinski definition) is 0. The van der Waals surface area contributed by atoms with Gasteiger partial charge in [0.05, 0.1) is 30.4 Å². The third kappa shape index (κ3) is 1.66. The van der Waals surface area contributed by atoms with Crippen molar-refractivity contribution in [2.45, 2.75) is 31.4 Å². The van der Waals surface area contributed by atoms with Crippen LogP contribution in [0.3, 0.4) is 0 Å². The van der Waals surface area contributed by atoms with Gasteiger partial charge >= 0.3 is 0 Å². The third-order valence-electron chi connectivity index (χ3n) is 4.52. The maximum Gasteiger partial charge on any atom is 0.141 e. The van der Waals surface area contributed by atoms with Crippen LogP contribution in [0, 0.1) is 17.1 Å². The quantitative estimate of drug-likeness (QED) is 0.746. The molecule has 1 aromatic carbocycles. The number of ether oxygens (including phenoxy) is 1. The normalized spacial score (nSPS) is 23.4. The first-order valence-electron chi connectivity index (χ1n) is 7.12. The van der Waals surface area contributed by atoms with Gasteiger partial charge in [0.1, 0.15) is 17.5 Å². The summed E-state index contributed by atoms with van der Waals surface area (Å²) in [4.78, 5) is 4.22. The van der Waals surface area contributed by atoms with E-state index in [1.807, 2.05) is 12.3 Å². The van der Waals surface area contributed by atoms with E-state index < -0.39 is 11.4 Å². The lowest BCUT2D eigenvalue weighted by molar-refractivity contribution is -0.0493. The molecule has 0 aliphatic carbocycles. The average molecular weight is 283 g/mol. The first kappa shape index (κ1) is 12.5. The molecule has 0 saturated carbocycles. The van der Waals surface area contributed by atoms with Crippen LogP contribution >= 0.6 is 0 Å². The molecule has 0 bridgehead atoms. The summed E-state index contributed by atoms with van der Waals surface area (Å²) in [7, 11) is 0. The van der Waals surface area contributed by atoms with Crippen molar-refractivity contribution >= 4 is 0 Å². The van der Waals surface area contributed by atoms with Crippen molar-refractivity contribution in [1.29, 1.82) is 5.26 Å². The SMILES string of the molecule is N#Cc1cc2c(cc1F)C1(CCCn3cncc31)OCC2. The van der Waals surface area contributed by atoms with Gasteiger partial charge in [-0.25, -0.2) is 9.37 Å². The standard InChI is InChI=1S/C16H14FN3O/c17-14-7-13-11(6-12(14)8-18)2-5-21-16(13)3-1-4-20-10-19-9-15(16)20/h6-7,9-10H,1-5H2. The summed E-state index contributed by atoms with van der Waals surface area (Å²) in [5.74, 6) is -0.474. The number of aromatic nitrogens is 2. The summed E-state index contributed by atoms with van der Waals surface area (Å²) in [6.07, 6.45) is 6.10. The van der Waals surface area contributed by atoms with Crippen LogP contribution in [0.4, 0.5) is 4.39 Å². The summed E-state index contributed by atoms with van der Waals surface area (Å²) >= 11 is 0. The minimum atomic E-state index is -0.614. The number of fused-ring (bicyclic) bond motifs is 4. The van der Waals surface area contributed by atoms with E-state index in [0.29, 0.717) is 13.0 Å². The largest absolute Gasteiger partial charge is 0.364 e. The van der Waals surface area contributed by atoms with Gasteiger partial charge in [0, 0.05) is 6.54 Å². The highest BCUT2D eigenvalue weighted by Gasteiger charge is 2.44. The van der Waals surface area contributed by atoms with Crippen LogP contribution < -0.4 is 0 Å². The summed E-state index contributed by atoms with van der Waals surface area (Å²) in [6.45, 7) is 1.49. The summed E-state index contributed by atoms with van der Waals surface area (Å²) in [5.41, 5.74) is 2.34. The molecular weight excluding hydrogens is 269 g/mol. The number of imidazole rings is 1. The lowest BCUT2D eigenvalue weighted by Gasteiger charge is -2.42. The van der Waals surface area contributed by atoms with Crippen LogP contribution in [-0.2, 0) is 23.3 Å². The number of nitriles is 1. The lowest BCUT2D eigenvalue weighted by Crippen LogP contribution is -2.41. The molecule has 1 aromatic heterocycles. The van der Waals surface area contributed by atoms with Crippen LogP contribution in [-0.4, -0.2) is 16.2 Å². The van der Waals surface area contributed by atoms with Crippen LogP contribution in [0.25, 0.3) is 0 Å². The van der Waals surface area contributed by atoms with Crippen molar-refractivity contribution < 1.29 is 9.13 Å². The van der Waals surface area contributed by atoms with Crippen LogP contribution in [0.15, 0.2) is 24.7 Å². The minimum absolute atomic E-state index is 0.107.